The topological polar surface area (TPSA) is 46.5 Å². The third kappa shape index (κ3) is 3.79. The number of hydrogen-bond donors (Lipinski definition) is 1. The van der Waals surface area contributed by atoms with Gasteiger partial charge in [-0.15, -0.1) is 0 Å². The molecule has 0 radical (unpaired) electrons. The van der Waals surface area contributed by atoms with E-state index in [1.807, 2.05) is 44.2 Å². The van der Waals surface area contributed by atoms with Gasteiger partial charge in [-0.25, -0.2) is 4.79 Å². The van der Waals surface area contributed by atoms with E-state index >= 15 is 0 Å². The SMILES string of the molecule is CC(C)C1=C(Cc2ccccc2)C(=O)OC1=Cc1cc(Cl)c(O)c(Cl)c1. The van der Waals surface area contributed by atoms with E-state index in [9.17, 15) is 9.90 Å². The number of carbonyl (C=O) groups excluding carboxylic acids is 1. The van der Waals surface area contributed by atoms with Gasteiger partial charge in [0, 0.05) is 17.6 Å². The van der Waals surface area contributed by atoms with E-state index in [-0.39, 0.29) is 27.7 Å². The molecule has 3 nitrogen and oxygen atoms in total. The van der Waals surface area contributed by atoms with Crippen LogP contribution >= 0.6 is 23.2 Å². The zero-order valence-corrected chi connectivity index (χ0v) is 15.9. The van der Waals surface area contributed by atoms with E-state index in [2.05, 4.69) is 0 Å². The molecule has 134 valence electrons. The lowest BCUT2D eigenvalue weighted by Gasteiger charge is -2.10. The summed E-state index contributed by atoms with van der Waals surface area (Å²) in [7, 11) is 0. The Balaban J connectivity index is 2.03. The lowest BCUT2D eigenvalue weighted by molar-refractivity contribution is -0.133. The number of halogens is 2. The molecular weight excluding hydrogens is 371 g/mol. The summed E-state index contributed by atoms with van der Waals surface area (Å²) in [6.45, 7) is 4.04. The Hall–Kier alpha value is -2.23. The summed E-state index contributed by atoms with van der Waals surface area (Å²) in [4.78, 5) is 12.5. The molecule has 0 bridgehead atoms. The molecule has 0 amide bonds. The quantitative estimate of drug-likeness (QED) is 0.673. The second kappa shape index (κ2) is 7.56. The molecule has 2 aromatic carbocycles. The predicted molar refractivity (Wildman–Crippen MR) is 104 cm³/mol. The number of phenolic OH excluding ortho intramolecular Hbond substituents is 1. The molecule has 1 heterocycles. The van der Waals surface area contributed by atoms with Crippen LogP contribution in [-0.4, -0.2) is 11.1 Å². The van der Waals surface area contributed by atoms with E-state index < -0.39 is 0 Å². The lowest BCUT2D eigenvalue weighted by Crippen LogP contribution is -2.03. The van der Waals surface area contributed by atoms with Crippen molar-refractivity contribution in [1.82, 2.24) is 0 Å². The molecule has 0 aromatic heterocycles. The van der Waals surface area contributed by atoms with Gasteiger partial charge >= 0.3 is 5.97 Å². The zero-order valence-electron chi connectivity index (χ0n) is 14.4. The summed E-state index contributed by atoms with van der Waals surface area (Å²) >= 11 is 12.0. The van der Waals surface area contributed by atoms with Crippen molar-refractivity contribution in [3.05, 3.63) is 80.5 Å². The maximum Gasteiger partial charge on any atom is 0.340 e. The van der Waals surface area contributed by atoms with Crippen molar-refractivity contribution in [3.63, 3.8) is 0 Å². The largest absolute Gasteiger partial charge is 0.505 e. The maximum absolute atomic E-state index is 12.5. The van der Waals surface area contributed by atoms with Gasteiger partial charge in [-0.2, -0.15) is 0 Å². The summed E-state index contributed by atoms with van der Waals surface area (Å²) in [6.07, 6.45) is 2.24. The molecule has 0 spiro atoms. The van der Waals surface area contributed by atoms with Crippen molar-refractivity contribution in [2.75, 3.05) is 0 Å². The van der Waals surface area contributed by atoms with Crippen LogP contribution in [0.25, 0.3) is 6.08 Å². The first-order valence-electron chi connectivity index (χ1n) is 8.26. The highest BCUT2D eigenvalue weighted by molar-refractivity contribution is 6.37. The van der Waals surface area contributed by atoms with E-state index in [0.29, 0.717) is 23.3 Å². The predicted octanol–water partition coefficient (Wildman–Crippen LogP) is 5.79. The van der Waals surface area contributed by atoms with E-state index in [0.717, 1.165) is 11.1 Å². The van der Waals surface area contributed by atoms with Crippen molar-refractivity contribution in [2.45, 2.75) is 20.3 Å². The Morgan fingerprint density at radius 1 is 1.12 bits per heavy atom. The number of esters is 1. The van der Waals surface area contributed by atoms with Crippen LogP contribution in [0.3, 0.4) is 0 Å². The highest BCUT2D eigenvalue weighted by Gasteiger charge is 2.31. The molecule has 5 heteroatoms. The molecule has 0 aliphatic carbocycles. The fourth-order valence-electron chi connectivity index (χ4n) is 3.00. The summed E-state index contributed by atoms with van der Waals surface area (Å²) in [5.41, 5.74) is 3.24. The Labute approximate surface area is 162 Å². The van der Waals surface area contributed by atoms with Crippen molar-refractivity contribution < 1.29 is 14.6 Å². The third-order valence-electron chi connectivity index (χ3n) is 4.18. The molecule has 0 saturated carbocycles. The van der Waals surface area contributed by atoms with Gasteiger partial charge in [-0.1, -0.05) is 67.4 Å². The maximum atomic E-state index is 12.5. The summed E-state index contributed by atoms with van der Waals surface area (Å²) in [5.74, 6) is 0.103. The van der Waals surface area contributed by atoms with Crippen LogP contribution in [0.2, 0.25) is 10.0 Å². The van der Waals surface area contributed by atoms with Gasteiger partial charge in [0.25, 0.3) is 0 Å². The average molecular weight is 389 g/mol. The van der Waals surface area contributed by atoms with Crippen LogP contribution in [0.5, 0.6) is 5.75 Å². The fourth-order valence-corrected chi connectivity index (χ4v) is 3.51. The Kier molecular flexibility index (Phi) is 5.40. The number of hydrogen-bond acceptors (Lipinski definition) is 3. The van der Waals surface area contributed by atoms with Gasteiger partial charge in [0.15, 0.2) is 5.75 Å². The number of cyclic esters (lactones) is 1. The number of benzene rings is 2. The smallest absolute Gasteiger partial charge is 0.340 e. The van der Waals surface area contributed by atoms with Crippen molar-refractivity contribution in [2.24, 2.45) is 5.92 Å². The first-order chi connectivity index (χ1) is 12.4. The minimum atomic E-state index is -0.334. The molecule has 2 aromatic rings. The molecule has 1 aliphatic rings. The van der Waals surface area contributed by atoms with E-state index in [4.69, 9.17) is 27.9 Å². The molecule has 1 N–H and O–H groups in total. The van der Waals surface area contributed by atoms with Crippen LogP contribution < -0.4 is 0 Å². The second-order valence-corrected chi connectivity index (χ2v) is 7.25. The highest BCUT2D eigenvalue weighted by Crippen LogP contribution is 2.37. The molecule has 26 heavy (non-hydrogen) atoms. The Bertz CT molecular complexity index is 889. The molecule has 0 saturated heterocycles. The van der Waals surface area contributed by atoms with E-state index in [1.54, 1.807) is 18.2 Å². The van der Waals surface area contributed by atoms with Gasteiger partial charge in [0.05, 0.1) is 10.0 Å². The van der Waals surface area contributed by atoms with Crippen LogP contribution in [0.4, 0.5) is 0 Å². The van der Waals surface area contributed by atoms with Gasteiger partial charge in [0.2, 0.25) is 0 Å². The fraction of sp³-hybridized carbons (Fsp3) is 0.190. The number of ether oxygens (including phenoxy) is 1. The number of phenols is 1. The molecular formula is C21H18Cl2O3. The number of aromatic hydroxyl groups is 1. The first-order valence-corrected chi connectivity index (χ1v) is 9.01. The zero-order chi connectivity index (χ0) is 18.8. The number of carbonyl (C=O) groups is 1. The Morgan fingerprint density at radius 3 is 2.31 bits per heavy atom. The van der Waals surface area contributed by atoms with Crippen molar-refractivity contribution in [3.8, 4) is 5.75 Å². The lowest BCUT2D eigenvalue weighted by atomic mass is 9.92. The first kappa shape index (κ1) is 18.6. The Morgan fingerprint density at radius 2 is 1.73 bits per heavy atom. The summed E-state index contributed by atoms with van der Waals surface area (Å²) in [6, 6.07) is 13.0. The van der Waals surface area contributed by atoms with Crippen LogP contribution in [-0.2, 0) is 16.0 Å². The van der Waals surface area contributed by atoms with Gasteiger partial charge in [-0.3, -0.25) is 0 Å². The second-order valence-electron chi connectivity index (χ2n) is 6.44. The molecule has 0 atom stereocenters. The van der Waals surface area contributed by atoms with Gasteiger partial charge in [-0.05, 0) is 35.3 Å². The van der Waals surface area contributed by atoms with Crippen LogP contribution in [0, 0.1) is 5.92 Å². The average Bonchev–Trinajstić information content (AvgIpc) is 2.89. The highest BCUT2D eigenvalue weighted by atomic mass is 35.5. The number of rotatable bonds is 4. The molecule has 0 fully saturated rings. The minimum Gasteiger partial charge on any atom is -0.505 e. The normalized spacial score (nSPS) is 15.9. The molecule has 3 rings (SSSR count). The van der Waals surface area contributed by atoms with Crippen LogP contribution in [0.1, 0.15) is 25.0 Å². The third-order valence-corrected chi connectivity index (χ3v) is 4.75. The van der Waals surface area contributed by atoms with Gasteiger partial charge < -0.3 is 9.84 Å². The monoisotopic (exact) mass is 388 g/mol. The summed E-state index contributed by atoms with van der Waals surface area (Å²) < 4.78 is 5.53. The summed E-state index contributed by atoms with van der Waals surface area (Å²) in [5, 5.41) is 9.99. The number of allylic oxidation sites excluding steroid dienone is 1. The molecule has 0 unspecified atom stereocenters. The van der Waals surface area contributed by atoms with Gasteiger partial charge in [0.1, 0.15) is 5.76 Å². The standard InChI is InChI=1S/C21H18Cl2O3/c1-12(2)19-15(8-13-6-4-3-5-7-13)21(25)26-18(19)11-14-9-16(22)20(24)17(23)10-14/h3-7,9-12,24H,8H2,1-2H3. The van der Waals surface area contributed by atoms with Crippen molar-refractivity contribution in [1.29, 1.82) is 0 Å². The molecule has 1 aliphatic heterocycles. The van der Waals surface area contributed by atoms with Crippen LogP contribution in [0.15, 0.2) is 59.4 Å². The minimum absolute atomic E-state index is 0.106. The van der Waals surface area contributed by atoms with Crippen molar-refractivity contribution >= 4 is 35.2 Å². The van der Waals surface area contributed by atoms with E-state index in [1.165, 1.54) is 0 Å².